The monoisotopic (exact) mass is 373 g/mol. The number of rotatable bonds is 6. The van der Waals surface area contributed by atoms with Crippen LogP contribution in [-0.2, 0) is 15.0 Å². The van der Waals surface area contributed by atoms with Gasteiger partial charge in [0, 0.05) is 32.2 Å². The first-order valence-electron chi connectivity index (χ1n) is 10.0. The van der Waals surface area contributed by atoms with Crippen LogP contribution in [0, 0.1) is 5.92 Å². The van der Waals surface area contributed by atoms with Crippen molar-refractivity contribution in [2.75, 3.05) is 26.2 Å². The van der Waals surface area contributed by atoms with Crippen LogP contribution in [-0.4, -0.2) is 55.2 Å². The molecule has 0 aromatic heterocycles. The molecular formula is C18H35N3O3S. The Balaban J connectivity index is 1.94. The number of carbonyl (C=O) groups excluding carboxylic acids is 1. The van der Waals surface area contributed by atoms with Crippen molar-refractivity contribution in [2.24, 2.45) is 5.92 Å². The van der Waals surface area contributed by atoms with Gasteiger partial charge in [-0.1, -0.05) is 46.0 Å². The van der Waals surface area contributed by atoms with Crippen molar-refractivity contribution in [3.05, 3.63) is 0 Å². The van der Waals surface area contributed by atoms with Crippen molar-refractivity contribution in [1.82, 2.24) is 13.9 Å². The zero-order chi connectivity index (χ0) is 18.3. The summed E-state index contributed by atoms with van der Waals surface area (Å²) in [7, 11) is -3.45. The van der Waals surface area contributed by atoms with Gasteiger partial charge >= 0.3 is 0 Å². The molecule has 0 bridgehead atoms. The molecular weight excluding hydrogens is 338 g/mol. The fraction of sp³-hybridized carbons (Fsp3) is 0.944. The summed E-state index contributed by atoms with van der Waals surface area (Å²) in [4.78, 5) is 12.7. The highest BCUT2D eigenvalue weighted by Gasteiger charge is 2.35. The fourth-order valence-corrected chi connectivity index (χ4v) is 5.71. The number of nitrogens with one attached hydrogen (secondary N) is 1. The lowest BCUT2D eigenvalue weighted by Gasteiger charge is -2.35. The number of carbonyl (C=O) groups is 1. The van der Waals surface area contributed by atoms with Gasteiger partial charge in [-0.15, -0.1) is 0 Å². The van der Waals surface area contributed by atoms with Gasteiger partial charge in [0.05, 0.1) is 5.92 Å². The first kappa shape index (κ1) is 20.6. The van der Waals surface area contributed by atoms with Crippen molar-refractivity contribution in [3.63, 3.8) is 0 Å². The van der Waals surface area contributed by atoms with Crippen LogP contribution in [0.1, 0.15) is 71.6 Å². The van der Waals surface area contributed by atoms with Gasteiger partial charge < -0.3 is 5.32 Å². The molecule has 2 fully saturated rings. The van der Waals surface area contributed by atoms with Crippen LogP contribution in [0.15, 0.2) is 0 Å². The molecule has 0 aromatic carbocycles. The minimum Gasteiger partial charge on any atom is -0.353 e. The molecule has 1 aliphatic heterocycles. The maximum atomic E-state index is 12.7. The third-order valence-electron chi connectivity index (χ3n) is 5.56. The third kappa shape index (κ3) is 5.66. The maximum Gasteiger partial charge on any atom is 0.281 e. The van der Waals surface area contributed by atoms with E-state index in [1.807, 2.05) is 13.8 Å². The Bertz CT molecular complexity index is 512. The second-order valence-electron chi connectivity index (χ2n) is 7.34. The summed E-state index contributed by atoms with van der Waals surface area (Å²) in [6, 6.07) is 0.266. The molecule has 1 N–H and O–H groups in total. The summed E-state index contributed by atoms with van der Waals surface area (Å²) >= 11 is 0. The average molecular weight is 374 g/mol. The summed E-state index contributed by atoms with van der Waals surface area (Å²) in [5.41, 5.74) is 0. The molecule has 1 heterocycles. The molecule has 1 saturated heterocycles. The largest absolute Gasteiger partial charge is 0.353 e. The average Bonchev–Trinajstić information content (AvgIpc) is 2.58. The fourth-order valence-electron chi connectivity index (χ4n) is 4.00. The first-order chi connectivity index (χ1) is 12.0. The van der Waals surface area contributed by atoms with E-state index in [-0.39, 0.29) is 17.9 Å². The van der Waals surface area contributed by atoms with E-state index >= 15 is 0 Å². The Morgan fingerprint density at radius 1 is 1.00 bits per heavy atom. The molecule has 1 unspecified atom stereocenters. The summed E-state index contributed by atoms with van der Waals surface area (Å²) in [6.45, 7) is 5.47. The third-order valence-corrected chi connectivity index (χ3v) is 7.72. The zero-order valence-corrected chi connectivity index (χ0v) is 16.7. The van der Waals surface area contributed by atoms with Gasteiger partial charge in [0.1, 0.15) is 0 Å². The predicted molar refractivity (Wildman–Crippen MR) is 100 cm³/mol. The number of piperidine rings is 1. The standard InChI is InChI=1S/C18H35N3O3S/c1-3-20(4-2)25(23,24)21-14-10-11-16(15-21)18(22)19-17-12-8-6-5-7-9-13-17/h16-17H,3-15H2,1-2H3,(H,19,22). The van der Waals surface area contributed by atoms with Crippen molar-refractivity contribution < 1.29 is 13.2 Å². The van der Waals surface area contributed by atoms with Gasteiger partial charge in [0.15, 0.2) is 0 Å². The zero-order valence-electron chi connectivity index (χ0n) is 15.9. The van der Waals surface area contributed by atoms with E-state index in [1.54, 1.807) is 0 Å². The van der Waals surface area contributed by atoms with Gasteiger partial charge in [-0.3, -0.25) is 4.79 Å². The van der Waals surface area contributed by atoms with Crippen LogP contribution in [0.5, 0.6) is 0 Å². The molecule has 1 aliphatic carbocycles. The summed E-state index contributed by atoms with van der Waals surface area (Å²) in [5, 5.41) is 3.21. The molecule has 0 aromatic rings. The van der Waals surface area contributed by atoms with E-state index < -0.39 is 10.2 Å². The van der Waals surface area contributed by atoms with Crippen LogP contribution in [0.3, 0.4) is 0 Å². The van der Waals surface area contributed by atoms with Crippen LogP contribution in [0.2, 0.25) is 0 Å². The van der Waals surface area contributed by atoms with E-state index in [2.05, 4.69) is 5.32 Å². The lowest BCUT2D eigenvalue weighted by atomic mass is 9.94. The van der Waals surface area contributed by atoms with Gasteiger partial charge in [-0.2, -0.15) is 17.0 Å². The first-order valence-corrected chi connectivity index (χ1v) is 11.4. The summed E-state index contributed by atoms with van der Waals surface area (Å²) < 4.78 is 28.4. The Labute approximate surface area is 153 Å². The predicted octanol–water partition coefficient (Wildman–Crippen LogP) is 2.51. The van der Waals surface area contributed by atoms with Gasteiger partial charge in [0.25, 0.3) is 10.2 Å². The van der Waals surface area contributed by atoms with Gasteiger partial charge in [-0.05, 0) is 25.7 Å². The maximum absolute atomic E-state index is 12.7. The Hall–Kier alpha value is -0.660. The van der Waals surface area contributed by atoms with E-state index in [0.717, 1.165) is 25.7 Å². The number of hydrogen-bond acceptors (Lipinski definition) is 3. The molecule has 1 atom stereocenters. The number of nitrogens with zero attached hydrogens (tertiary/aromatic N) is 2. The SMILES string of the molecule is CCN(CC)S(=O)(=O)N1CCCC(C(=O)NC2CCCCCCC2)C1. The highest BCUT2D eigenvalue weighted by molar-refractivity contribution is 7.86. The molecule has 2 rings (SSSR count). The Kier molecular flexibility index (Phi) is 8.16. The second-order valence-corrected chi connectivity index (χ2v) is 9.27. The topological polar surface area (TPSA) is 69.7 Å². The van der Waals surface area contributed by atoms with Gasteiger partial charge in [-0.25, -0.2) is 0 Å². The lowest BCUT2D eigenvalue weighted by Crippen LogP contribution is -2.51. The normalized spacial score (nSPS) is 24.7. The van der Waals surface area contributed by atoms with Crippen LogP contribution < -0.4 is 5.32 Å². The molecule has 2 aliphatic rings. The van der Waals surface area contributed by atoms with Crippen LogP contribution >= 0.6 is 0 Å². The minimum absolute atomic E-state index is 0.0463. The molecule has 1 amide bonds. The van der Waals surface area contributed by atoms with E-state index in [1.165, 1.54) is 40.7 Å². The summed E-state index contributed by atoms with van der Waals surface area (Å²) in [6.07, 6.45) is 9.82. The molecule has 25 heavy (non-hydrogen) atoms. The van der Waals surface area contributed by atoms with E-state index in [4.69, 9.17) is 0 Å². The minimum atomic E-state index is -3.45. The number of amides is 1. The smallest absolute Gasteiger partial charge is 0.281 e. The van der Waals surface area contributed by atoms with E-state index in [0.29, 0.717) is 26.2 Å². The number of hydrogen-bond donors (Lipinski definition) is 1. The highest BCUT2D eigenvalue weighted by Crippen LogP contribution is 2.23. The molecule has 6 nitrogen and oxygen atoms in total. The summed E-state index contributed by atoms with van der Waals surface area (Å²) in [5.74, 6) is -0.172. The van der Waals surface area contributed by atoms with Crippen molar-refractivity contribution in [2.45, 2.75) is 77.7 Å². The van der Waals surface area contributed by atoms with Crippen molar-refractivity contribution in [1.29, 1.82) is 0 Å². The van der Waals surface area contributed by atoms with Crippen molar-refractivity contribution in [3.8, 4) is 0 Å². The molecule has 0 radical (unpaired) electrons. The second kappa shape index (κ2) is 9.88. The van der Waals surface area contributed by atoms with Gasteiger partial charge in [0.2, 0.25) is 5.91 Å². The van der Waals surface area contributed by atoms with E-state index in [9.17, 15) is 13.2 Å². The quantitative estimate of drug-likeness (QED) is 0.778. The van der Waals surface area contributed by atoms with Crippen molar-refractivity contribution >= 4 is 16.1 Å². The Morgan fingerprint density at radius 2 is 1.60 bits per heavy atom. The van der Waals surface area contributed by atoms with Crippen LogP contribution in [0.25, 0.3) is 0 Å². The van der Waals surface area contributed by atoms with Crippen LogP contribution in [0.4, 0.5) is 0 Å². The lowest BCUT2D eigenvalue weighted by molar-refractivity contribution is -0.127. The molecule has 7 heteroatoms. The Morgan fingerprint density at radius 3 is 2.20 bits per heavy atom. The molecule has 146 valence electrons. The molecule has 1 saturated carbocycles. The highest BCUT2D eigenvalue weighted by atomic mass is 32.2. The molecule has 0 spiro atoms.